The summed E-state index contributed by atoms with van der Waals surface area (Å²) in [4.78, 5) is 16.1. The van der Waals surface area contributed by atoms with E-state index in [0.29, 0.717) is 21.1 Å². The Labute approximate surface area is 127 Å². The number of hydrogen-bond donors (Lipinski definition) is 2. The van der Waals surface area contributed by atoms with Crippen molar-refractivity contribution >= 4 is 37.8 Å². The molecule has 0 fully saturated rings. The first-order chi connectivity index (χ1) is 9.08. The van der Waals surface area contributed by atoms with Gasteiger partial charge < -0.3 is 10.4 Å². The standard InChI is InChI=1S/C13H10Br2N2O2/c14-10-5-8(6-11(15)12(10)18)13(19)17-7-9-3-1-2-4-16-9/h1-6,18H,7H2,(H,17,19). The minimum absolute atomic E-state index is 0.0706. The lowest BCUT2D eigenvalue weighted by molar-refractivity contribution is 0.0950. The predicted octanol–water partition coefficient (Wildman–Crippen LogP) is 3.24. The van der Waals surface area contributed by atoms with Crippen molar-refractivity contribution in [3.63, 3.8) is 0 Å². The van der Waals surface area contributed by atoms with E-state index in [1.54, 1.807) is 18.3 Å². The van der Waals surface area contributed by atoms with Crippen molar-refractivity contribution < 1.29 is 9.90 Å². The molecule has 6 heteroatoms. The Hall–Kier alpha value is -1.40. The Kier molecular flexibility index (Phi) is 4.55. The van der Waals surface area contributed by atoms with Crippen LogP contribution in [-0.4, -0.2) is 16.0 Å². The molecule has 1 aromatic carbocycles. The van der Waals surface area contributed by atoms with E-state index in [2.05, 4.69) is 42.2 Å². The van der Waals surface area contributed by atoms with Crippen LogP contribution in [0, 0.1) is 0 Å². The van der Waals surface area contributed by atoms with Gasteiger partial charge in [0.15, 0.2) is 0 Å². The predicted molar refractivity (Wildman–Crippen MR) is 78.9 cm³/mol. The average Bonchev–Trinajstić information content (AvgIpc) is 2.42. The summed E-state index contributed by atoms with van der Waals surface area (Å²) in [7, 11) is 0. The zero-order valence-corrected chi connectivity index (χ0v) is 12.9. The third-order valence-electron chi connectivity index (χ3n) is 2.44. The molecule has 1 amide bonds. The second-order valence-electron chi connectivity index (χ2n) is 3.79. The van der Waals surface area contributed by atoms with Crippen molar-refractivity contribution in [1.82, 2.24) is 10.3 Å². The molecule has 0 saturated heterocycles. The molecule has 0 atom stereocenters. The molecule has 4 nitrogen and oxygen atoms in total. The molecule has 0 aliphatic carbocycles. The number of benzene rings is 1. The third kappa shape index (κ3) is 3.54. The highest BCUT2D eigenvalue weighted by atomic mass is 79.9. The van der Waals surface area contributed by atoms with Gasteiger partial charge in [0.2, 0.25) is 0 Å². The monoisotopic (exact) mass is 384 g/mol. The lowest BCUT2D eigenvalue weighted by Crippen LogP contribution is -2.23. The van der Waals surface area contributed by atoms with Crippen LogP contribution in [0.5, 0.6) is 5.75 Å². The van der Waals surface area contributed by atoms with Gasteiger partial charge in [-0.15, -0.1) is 0 Å². The average molecular weight is 386 g/mol. The Bertz CT molecular complexity index is 580. The van der Waals surface area contributed by atoms with E-state index < -0.39 is 0 Å². The van der Waals surface area contributed by atoms with Gasteiger partial charge in [-0.1, -0.05) is 6.07 Å². The molecular weight excluding hydrogens is 376 g/mol. The Morgan fingerprint density at radius 2 is 1.95 bits per heavy atom. The molecule has 0 radical (unpaired) electrons. The third-order valence-corrected chi connectivity index (χ3v) is 3.64. The summed E-state index contributed by atoms with van der Waals surface area (Å²) in [6.07, 6.45) is 1.68. The Morgan fingerprint density at radius 1 is 1.26 bits per heavy atom. The first kappa shape index (κ1) is 14.0. The zero-order chi connectivity index (χ0) is 13.8. The van der Waals surface area contributed by atoms with Gasteiger partial charge in [0, 0.05) is 11.8 Å². The Balaban J connectivity index is 2.08. The van der Waals surface area contributed by atoms with Crippen LogP contribution in [-0.2, 0) is 6.54 Å². The number of rotatable bonds is 3. The van der Waals surface area contributed by atoms with Gasteiger partial charge in [0.25, 0.3) is 5.91 Å². The molecular formula is C13H10Br2N2O2. The maximum atomic E-state index is 12.0. The lowest BCUT2D eigenvalue weighted by atomic mass is 10.2. The number of nitrogens with one attached hydrogen (secondary N) is 1. The van der Waals surface area contributed by atoms with E-state index in [4.69, 9.17) is 0 Å². The number of halogens is 2. The van der Waals surface area contributed by atoms with E-state index in [1.165, 1.54) is 0 Å². The van der Waals surface area contributed by atoms with Gasteiger partial charge >= 0.3 is 0 Å². The maximum absolute atomic E-state index is 12.0. The molecule has 0 unspecified atom stereocenters. The fourth-order valence-electron chi connectivity index (χ4n) is 1.47. The fourth-order valence-corrected chi connectivity index (χ4v) is 2.66. The summed E-state index contributed by atoms with van der Waals surface area (Å²) in [6.45, 7) is 0.357. The zero-order valence-electron chi connectivity index (χ0n) is 9.73. The van der Waals surface area contributed by atoms with Gasteiger partial charge in [0.1, 0.15) is 5.75 Å². The highest BCUT2D eigenvalue weighted by molar-refractivity contribution is 9.11. The van der Waals surface area contributed by atoms with E-state index in [9.17, 15) is 9.90 Å². The van der Waals surface area contributed by atoms with E-state index >= 15 is 0 Å². The molecule has 1 aromatic heterocycles. The van der Waals surface area contributed by atoms with Gasteiger partial charge in [-0.25, -0.2) is 0 Å². The van der Waals surface area contributed by atoms with Crippen molar-refractivity contribution in [2.24, 2.45) is 0 Å². The highest BCUT2D eigenvalue weighted by Gasteiger charge is 2.11. The molecule has 2 aromatic rings. The summed E-state index contributed by atoms with van der Waals surface area (Å²) in [6, 6.07) is 8.65. The van der Waals surface area contributed by atoms with Crippen molar-refractivity contribution in [2.75, 3.05) is 0 Å². The largest absolute Gasteiger partial charge is 0.506 e. The SMILES string of the molecule is O=C(NCc1ccccn1)c1cc(Br)c(O)c(Br)c1. The minimum atomic E-state index is -0.230. The molecule has 0 aliphatic rings. The van der Waals surface area contributed by atoms with Crippen molar-refractivity contribution in [2.45, 2.75) is 6.54 Å². The number of phenols is 1. The molecule has 0 aliphatic heterocycles. The van der Waals surface area contributed by atoms with Crippen LogP contribution in [0.3, 0.4) is 0 Å². The van der Waals surface area contributed by atoms with Gasteiger partial charge in [0.05, 0.1) is 21.2 Å². The molecule has 0 bridgehead atoms. The number of pyridine rings is 1. The smallest absolute Gasteiger partial charge is 0.251 e. The summed E-state index contributed by atoms with van der Waals surface area (Å²) in [5.41, 5.74) is 1.24. The summed E-state index contributed by atoms with van der Waals surface area (Å²) in [5.74, 6) is -0.159. The van der Waals surface area contributed by atoms with E-state index in [0.717, 1.165) is 5.69 Å². The normalized spacial score (nSPS) is 10.2. The summed E-state index contributed by atoms with van der Waals surface area (Å²) >= 11 is 6.38. The number of aromatic nitrogens is 1. The fraction of sp³-hybridized carbons (Fsp3) is 0.0769. The number of aromatic hydroxyl groups is 1. The molecule has 2 rings (SSSR count). The summed E-state index contributed by atoms with van der Waals surface area (Å²) < 4.78 is 0.926. The van der Waals surface area contributed by atoms with Crippen LogP contribution in [0.1, 0.15) is 16.1 Å². The first-order valence-electron chi connectivity index (χ1n) is 5.44. The first-order valence-corrected chi connectivity index (χ1v) is 7.02. The number of nitrogens with zero attached hydrogens (tertiary/aromatic N) is 1. The maximum Gasteiger partial charge on any atom is 0.251 e. The summed E-state index contributed by atoms with van der Waals surface area (Å²) in [5, 5.41) is 12.3. The highest BCUT2D eigenvalue weighted by Crippen LogP contribution is 2.33. The quantitative estimate of drug-likeness (QED) is 0.852. The van der Waals surface area contributed by atoms with Crippen molar-refractivity contribution in [3.8, 4) is 5.75 Å². The van der Waals surface area contributed by atoms with E-state index in [-0.39, 0.29) is 11.7 Å². The van der Waals surface area contributed by atoms with Gasteiger partial charge in [-0.2, -0.15) is 0 Å². The van der Waals surface area contributed by atoms with Crippen molar-refractivity contribution in [1.29, 1.82) is 0 Å². The number of phenolic OH excluding ortho intramolecular Hbond substituents is 1. The molecule has 1 heterocycles. The van der Waals surface area contributed by atoms with Crippen LogP contribution in [0.4, 0.5) is 0 Å². The topological polar surface area (TPSA) is 62.2 Å². The van der Waals surface area contributed by atoms with Crippen LogP contribution in [0.15, 0.2) is 45.5 Å². The van der Waals surface area contributed by atoms with Crippen molar-refractivity contribution in [3.05, 3.63) is 56.7 Å². The van der Waals surface area contributed by atoms with Crippen LogP contribution < -0.4 is 5.32 Å². The number of hydrogen-bond acceptors (Lipinski definition) is 3. The van der Waals surface area contributed by atoms with Gasteiger partial charge in [-0.3, -0.25) is 9.78 Å². The molecule has 0 saturated carbocycles. The second kappa shape index (κ2) is 6.16. The van der Waals surface area contributed by atoms with E-state index in [1.807, 2.05) is 18.2 Å². The van der Waals surface area contributed by atoms with Crippen LogP contribution in [0.25, 0.3) is 0 Å². The molecule has 0 spiro atoms. The molecule has 19 heavy (non-hydrogen) atoms. The van der Waals surface area contributed by atoms with Gasteiger partial charge in [-0.05, 0) is 56.1 Å². The van der Waals surface area contributed by atoms with Crippen LogP contribution >= 0.6 is 31.9 Å². The molecule has 98 valence electrons. The number of carbonyl (C=O) groups is 1. The lowest BCUT2D eigenvalue weighted by Gasteiger charge is -2.07. The van der Waals surface area contributed by atoms with Crippen LogP contribution in [0.2, 0.25) is 0 Å². The minimum Gasteiger partial charge on any atom is -0.506 e. The molecule has 2 N–H and O–H groups in total. The number of carbonyl (C=O) groups excluding carboxylic acids is 1. The second-order valence-corrected chi connectivity index (χ2v) is 5.50. The number of amides is 1. The Morgan fingerprint density at radius 3 is 2.53 bits per heavy atom.